The Hall–Kier alpha value is -1.10. The molecule has 1 rings (SSSR count). The van der Waals surface area contributed by atoms with Crippen LogP contribution in [0, 0.1) is 5.82 Å². The SMILES string of the molecule is CCCN(CC)c1ccc(C(=O)O)c(Br)c1F. The number of hydrogen-bond donors (Lipinski definition) is 1. The molecule has 0 fully saturated rings. The van der Waals surface area contributed by atoms with Crippen LogP contribution in [0.25, 0.3) is 0 Å². The van der Waals surface area contributed by atoms with E-state index in [-0.39, 0.29) is 10.0 Å². The Bertz CT molecular complexity index is 423. The van der Waals surface area contributed by atoms with Gasteiger partial charge in [-0.1, -0.05) is 6.92 Å². The number of anilines is 1. The Balaban J connectivity index is 3.19. The second-order valence-electron chi connectivity index (χ2n) is 3.65. The second-order valence-corrected chi connectivity index (χ2v) is 4.44. The molecule has 3 nitrogen and oxygen atoms in total. The van der Waals surface area contributed by atoms with Crippen LogP contribution in [0.4, 0.5) is 10.1 Å². The molecule has 0 heterocycles. The number of benzene rings is 1. The fraction of sp³-hybridized carbons (Fsp3) is 0.417. The van der Waals surface area contributed by atoms with Gasteiger partial charge < -0.3 is 10.0 Å². The third-order valence-corrected chi connectivity index (χ3v) is 3.28. The van der Waals surface area contributed by atoms with Gasteiger partial charge in [0.15, 0.2) is 5.82 Å². The van der Waals surface area contributed by atoms with Crippen LogP contribution in [0.2, 0.25) is 0 Å². The maximum atomic E-state index is 14.0. The van der Waals surface area contributed by atoms with E-state index in [1.54, 1.807) is 0 Å². The molecule has 0 aromatic heterocycles. The Morgan fingerprint density at radius 2 is 2.12 bits per heavy atom. The van der Waals surface area contributed by atoms with Crippen molar-refractivity contribution >= 4 is 27.6 Å². The second kappa shape index (κ2) is 6.00. The van der Waals surface area contributed by atoms with Crippen LogP contribution < -0.4 is 4.90 Å². The summed E-state index contributed by atoms with van der Waals surface area (Å²) in [5.74, 6) is -1.65. The van der Waals surface area contributed by atoms with Gasteiger partial charge in [-0.3, -0.25) is 0 Å². The molecule has 94 valence electrons. The summed E-state index contributed by atoms with van der Waals surface area (Å²) in [7, 11) is 0. The zero-order valence-electron chi connectivity index (χ0n) is 9.83. The Kier molecular flexibility index (Phi) is 4.93. The minimum atomic E-state index is -1.14. The van der Waals surface area contributed by atoms with E-state index < -0.39 is 11.8 Å². The first-order valence-corrected chi connectivity index (χ1v) is 6.28. The lowest BCUT2D eigenvalue weighted by atomic mass is 10.2. The van der Waals surface area contributed by atoms with Gasteiger partial charge in [0.1, 0.15) is 0 Å². The molecule has 0 aliphatic rings. The molecule has 17 heavy (non-hydrogen) atoms. The number of aromatic carboxylic acids is 1. The Labute approximate surface area is 108 Å². The average molecular weight is 304 g/mol. The number of nitrogens with zero attached hydrogens (tertiary/aromatic N) is 1. The summed E-state index contributed by atoms with van der Waals surface area (Å²) in [4.78, 5) is 12.7. The van der Waals surface area contributed by atoms with Crippen LogP contribution in [0.15, 0.2) is 16.6 Å². The Morgan fingerprint density at radius 1 is 1.47 bits per heavy atom. The highest BCUT2D eigenvalue weighted by Gasteiger charge is 2.18. The predicted molar refractivity (Wildman–Crippen MR) is 69.2 cm³/mol. The maximum Gasteiger partial charge on any atom is 0.336 e. The smallest absolute Gasteiger partial charge is 0.336 e. The topological polar surface area (TPSA) is 40.5 Å². The van der Waals surface area contributed by atoms with Gasteiger partial charge in [-0.2, -0.15) is 0 Å². The van der Waals surface area contributed by atoms with E-state index in [0.717, 1.165) is 13.0 Å². The molecule has 0 saturated heterocycles. The van der Waals surface area contributed by atoms with Crippen molar-refractivity contribution in [2.24, 2.45) is 0 Å². The summed E-state index contributed by atoms with van der Waals surface area (Å²) in [6.07, 6.45) is 0.908. The lowest BCUT2D eigenvalue weighted by Crippen LogP contribution is -2.24. The van der Waals surface area contributed by atoms with Gasteiger partial charge in [-0.15, -0.1) is 0 Å². The molecule has 1 aromatic rings. The lowest BCUT2D eigenvalue weighted by molar-refractivity contribution is 0.0695. The molecule has 0 unspecified atom stereocenters. The minimum absolute atomic E-state index is 0.0112. The van der Waals surface area contributed by atoms with Gasteiger partial charge in [0, 0.05) is 13.1 Å². The normalized spacial score (nSPS) is 10.4. The number of halogens is 2. The molecule has 0 aliphatic heterocycles. The third-order valence-electron chi connectivity index (χ3n) is 2.51. The first kappa shape index (κ1) is 14.0. The zero-order valence-corrected chi connectivity index (χ0v) is 11.4. The van der Waals surface area contributed by atoms with Gasteiger partial charge in [0.25, 0.3) is 0 Å². The van der Waals surface area contributed by atoms with Crippen molar-refractivity contribution in [2.45, 2.75) is 20.3 Å². The van der Waals surface area contributed by atoms with Gasteiger partial charge in [0.2, 0.25) is 0 Å². The van der Waals surface area contributed by atoms with Gasteiger partial charge in [0.05, 0.1) is 15.7 Å². The third kappa shape index (κ3) is 2.97. The maximum absolute atomic E-state index is 14.0. The quantitative estimate of drug-likeness (QED) is 0.905. The number of carboxylic acid groups (broad SMARTS) is 1. The van der Waals surface area contributed by atoms with Crippen molar-refractivity contribution < 1.29 is 14.3 Å². The first-order chi connectivity index (χ1) is 8.02. The van der Waals surface area contributed by atoms with E-state index in [2.05, 4.69) is 15.9 Å². The average Bonchev–Trinajstić information content (AvgIpc) is 2.29. The van der Waals surface area contributed by atoms with E-state index in [4.69, 9.17) is 5.11 Å². The van der Waals surface area contributed by atoms with Crippen molar-refractivity contribution in [1.29, 1.82) is 0 Å². The monoisotopic (exact) mass is 303 g/mol. The Morgan fingerprint density at radius 3 is 2.59 bits per heavy atom. The van der Waals surface area contributed by atoms with Crippen molar-refractivity contribution in [3.05, 3.63) is 28.0 Å². The molecule has 0 radical (unpaired) electrons. The summed E-state index contributed by atoms with van der Waals surface area (Å²) in [5.41, 5.74) is 0.380. The summed E-state index contributed by atoms with van der Waals surface area (Å²) < 4.78 is 14.0. The summed E-state index contributed by atoms with van der Waals surface area (Å²) in [6, 6.07) is 2.94. The molecule has 0 saturated carbocycles. The fourth-order valence-corrected chi connectivity index (χ4v) is 2.17. The largest absolute Gasteiger partial charge is 0.478 e. The van der Waals surface area contributed by atoms with E-state index in [9.17, 15) is 9.18 Å². The van der Waals surface area contributed by atoms with Gasteiger partial charge in [-0.25, -0.2) is 9.18 Å². The fourth-order valence-electron chi connectivity index (χ4n) is 1.67. The molecule has 5 heteroatoms. The molecule has 0 amide bonds. The lowest BCUT2D eigenvalue weighted by Gasteiger charge is -2.23. The highest BCUT2D eigenvalue weighted by Crippen LogP contribution is 2.29. The van der Waals surface area contributed by atoms with Crippen LogP contribution in [0.3, 0.4) is 0 Å². The van der Waals surface area contributed by atoms with E-state index in [1.165, 1.54) is 12.1 Å². The van der Waals surface area contributed by atoms with Crippen LogP contribution in [0.1, 0.15) is 30.6 Å². The van der Waals surface area contributed by atoms with E-state index in [1.807, 2.05) is 18.7 Å². The van der Waals surface area contributed by atoms with E-state index >= 15 is 0 Å². The number of carboxylic acids is 1. The molecule has 0 bridgehead atoms. The highest BCUT2D eigenvalue weighted by molar-refractivity contribution is 9.10. The first-order valence-electron chi connectivity index (χ1n) is 5.49. The molecule has 1 aromatic carbocycles. The summed E-state index contributed by atoms with van der Waals surface area (Å²) in [6.45, 7) is 5.38. The predicted octanol–water partition coefficient (Wildman–Crippen LogP) is 3.52. The molecular weight excluding hydrogens is 289 g/mol. The molecule has 0 aliphatic carbocycles. The van der Waals surface area contributed by atoms with Crippen LogP contribution in [0.5, 0.6) is 0 Å². The zero-order chi connectivity index (χ0) is 13.0. The van der Waals surface area contributed by atoms with Crippen LogP contribution >= 0.6 is 15.9 Å². The summed E-state index contributed by atoms with van der Waals surface area (Å²) >= 11 is 3.00. The van der Waals surface area contributed by atoms with Crippen molar-refractivity contribution in [3.63, 3.8) is 0 Å². The van der Waals surface area contributed by atoms with Gasteiger partial charge in [-0.05, 0) is 41.4 Å². The minimum Gasteiger partial charge on any atom is -0.478 e. The van der Waals surface area contributed by atoms with Crippen LogP contribution in [-0.4, -0.2) is 24.2 Å². The number of rotatable bonds is 5. The molecule has 1 N–H and O–H groups in total. The van der Waals surface area contributed by atoms with Crippen molar-refractivity contribution in [2.75, 3.05) is 18.0 Å². The van der Waals surface area contributed by atoms with E-state index in [0.29, 0.717) is 12.2 Å². The number of carbonyl (C=O) groups is 1. The number of hydrogen-bond acceptors (Lipinski definition) is 2. The highest BCUT2D eigenvalue weighted by atomic mass is 79.9. The molecular formula is C12H15BrFNO2. The standard InChI is InChI=1S/C12H15BrFNO2/c1-3-7-15(4-2)9-6-5-8(12(16)17)10(13)11(9)14/h5-6H,3-4,7H2,1-2H3,(H,16,17). The van der Waals surface area contributed by atoms with Crippen LogP contribution in [-0.2, 0) is 0 Å². The van der Waals surface area contributed by atoms with Crippen molar-refractivity contribution in [3.8, 4) is 0 Å². The molecule has 0 spiro atoms. The summed E-state index contributed by atoms with van der Waals surface area (Å²) in [5, 5.41) is 8.87. The van der Waals surface area contributed by atoms with Crippen molar-refractivity contribution in [1.82, 2.24) is 0 Å². The van der Waals surface area contributed by atoms with Gasteiger partial charge >= 0.3 is 5.97 Å². The molecule has 0 atom stereocenters.